The minimum absolute atomic E-state index is 0.00275. The molecule has 1 aliphatic heterocycles. The fourth-order valence-corrected chi connectivity index (χ4v) is 3.86. The van der Waals surface area contributed by atoms with Gasteiger partial charge in [-0.05, 0) is 42.3 Å². The average Bonchev–Trinajstić information content (AvgIpc) is 3.41. The average molecular weight is 436 g/mol. The molecule has 0 bridgehead atoms. The highest BCUT2D eigenvalue weighted by Gasteiger charge is 2.46. The van der Waals surface area contributed by atoms with Crippen LogP contribution in [0.25, 0.3) is 5.76 Å². The largest absolute Gasteiger partial charge is 0.507 e. The summed E-state index contributed by atoms with van der Waals surface area (Å²) in [5.74, 6) is -2.47. The number of ketones is 1. The van der Waals surface area contributed by atoms with Crippen LogP contribution < -0.4 is 4.74 Å². The Kier molecular flexibility index (Phi) is 5.98. The Morgan fingerprint density at radius 3 is 2.59 bits per heavy atom. The van der Waals surface area contributed by atoms with Crippen molar-refractivity contribution in [3.63, 3.8) is 0 Å². The van der Waals surface area contributed by atoms with E-state index in [2.05, 4.69) is 9.97 Å². The molecule has 0 radical (unpaired) electrons. The molecule has 1 saturated heterocycles. The number of Topliss-reactive ketones (excluding diaryl/α,β-unsaturated/α-hetero) is 1. The van der Waals surface area contributed by atoms with E-state index in [9.17, 15) is 19.1 Å². The molecule has 1 amide bonds. The quantitative estimate of drug-likeness (QED) is 0.348. The normalized spacial score (nSPS) is 17.7. The number of methoxy groups -OCH3 is 1. The lowest BCUT2D eigenvalue weighted by molar-refractivity contribution is -0.139. The summed E-state index contributed by atoms with van der Waals surface area (Å²) >= 11 is 0. The molecule has 1 fully saturated rings. The van der Waals surface area contributed by atoms with Crippen LogP contribution in [0.15, 0.2) is 67.0 Å². The fourth-order valence-electron chi connectivity index (χ4n) is 3.86. The van der Waals surface area contributed by atoms with Crippen molar-refractivity contribution in [1.82, 2.24) is 19.4 Å². The maximum absolute atomic E-state index is 13.9. The summed E-state index contributed by atoms with van der Waals surface area (Å²) in [6, 6.07) is 6.13. The summed E-state index contributed by atoms with van der Waals surface area (Å²) in [6.07, 6.45) is 8.80. The van der Waals surface area contributed by atoms with E-state index in [1.54, 1.807) is 37.1 Å². The number of amides is 1. The second kappa shape index (κ2) is 9.01. The topological polar surface area (TPSA) is 97.6 Å². The number of aliphatic hydroxyl groups is 1. The Morgan fingerprint density at radius 1 is 1.12 bits per heavy atom. The first-order valence-corrected chi connectivity index (χ1v) is 9.99. The molecule has 8 nitrogen and oxygen atoms in total. The highest BCUT2D eigenvalue weighted by atomic mass is 19.1. The standard InChI is InChI=1S/C23H21FN4O4/c1-32-18-4-3-16(24)13-17(18)21(29)19-20(15-5-7-25-8-6-15)28(23(31)22(19)30)11-2-10-27-12-9-26-14-27/h3-9,12-14,20,29H,2,10-11H2,1H3/t20-/m0/s1. The Balaban J connectivity index is 1.76. The predicted molar refractivity (Wildman–Crippen MR) is 113 cm³/mol. The number of rotatable bonds is 7. The zero-order valence-electron chi connectivity index (χ0n) is 17.3. The van der Waals surface area contributed by atoms with Gasteiger partial charge in [0.25, 0.3) is 11.7 Å². The summed E-state index contributed by atoms with van der Waals surface area (Å²) in [5, 5.41) is 11.1. The highest BCUT2D eigenvalue weighted by Crippen LogP contribution is 2.40. The van der Waals surface area contributed by atoms with Gasteiger partial charge in [-0.25, -0.2) is 9.37 Å². The van der Waals surface area contributed by atoms with E-state index in [0.717, 1.165) is 6.07 Å². The second-order valence-electron chi connectivity index (χ2n) is 7.27. The summed E-state index contributed by atoms with van der Waals surface area (Å²) < 4.78 is 21.0. The van der Waals surface area contributed by atoms with E-state index in [4.69, 9.17) is 4.74 Å². The number of imidazole rings is 1. The molecular formula is C23H21FN4O4. The van der Waals surface area contributed by atoms with Gasteiger partial charge in [-0.2, -0.15) is 0 Å². The third kappa shape index (κ3) is 3.96. The van der Waals surface area contributed by atoms with Crippen molar-refractivity contribution in [3.05, 3.63) is 84.0 Å². The molecule has 3 aromatic rings. The van der Waals surface area contributed by atoms with Gasteiger partial charge in [0.1, 0.15) is 17.3 Å². The van der Waals surface area contributed by atoms with Crippen molar-refractivity contribution >= 4 is 17.4 Å². The molecule has 4 rings (SSSR count). The van der Waals surface area contributed by atoms with Gasteiger partial charge >= 0.3 is 0 Å². The molecule has 9 heteroatoms. The molecule has 1 aliphatic rings. The van der Waals surface area contributed by atoms with E-state index in [1.165, 1.54) is 24.1 Å². The maximum atomic E-state index is 13.9. The van der Waals surface area contributed by atoms with Crippen molar-refractivity contribution in [1.29, 1.82) is 0 Å². The number of nitrogens with zero attached hydrogens (tertiary/aromatic N) is 4. The molecule has 0 unspecified atom stereocenters. The van der Waals surface area contributed by atoms with Gasteiger partial charge in [0, 0.05) is 37.9 Å². The smallest absolute Gasteiger partial charge is 0.295 e. The number of pyridine rings is 1. The van der Waals surface area contributed by atoms with Gasteiger partial charge < -0.3 is 19.3 Å². The van der Waals surface area contributed by atoms with Crippen molar-refractivity contribution in [2.24, 2.45) is 0 Å². The molecule has 164 valence electrons. The second-order valence-corrected chi connectivity index (χ2v) is 7.27. The van der Waals surface area contributed by atoms with Crippen molar-refractivity contribution in [2.75, 3.05) is 13.7 Å². The van der Waals surface area contributed by atoms with Crippen molar-refractivity contribution in [2.45, 2.75) is 19.0 Å². The number of aryl methyl sites for hydroxylation is 1. The summed E-state index contributed by atoms with van der Waals surface area (Å²) in [4.78, 5) is 35.4. The van der Waals surface area contributed by atoms with Crippen LogP contribution in [0.3, 0.4) is 0 Å². The number of carbonyl (C=O) groups is 2. The third-order valence-electron chi connectivity index (χ3n) is 5.35. The van der Waals surface area contributed by atoms with Crippen LogP contribution in [0.4, 0.5) is 4.39 Å². The number of carbonyl (C=O) groups excluding carboxylic acids is 2. The van der Waals surface area contributed by atoms with Gasteiger partial charge in [-0.15, -0.1) is 0 Å². The number of hydrogen-bond donors (Lipinski definition) is 1. The van der Waals surface area contributed by atoms with Crippen molar-refractivity contribution in [3.8, 4) is 5.75 Å². The monoisotopic (exact) mass is 436 g/mol. The Labute approximate surface area is 183 Å². The predicted octanol–water partition coefficient (Wildman–Crippen LogP) is 2.94. The summed E-state index contributed by atoms with van der Waals surface area (Å²) in [7, 11) is 1.37. The van der Waals surface area contributed by atoms with Crippen LogP contribution in [-0.2, 0) is 16.1 Å². The molecule has 1 atom stereocenters. The maximum Gasteiger partial charge on any atom is 0.295 e. The molecule has 0 spiro atoms. The Bertz CT molecular complexity index is 1160. The Hall–Kier alpha value is -4.01. The molecule has 2 aromatic heterocycles. The third-order valence-corrected chi connectivity index (χ3v) is 5.35. The molecule has 0 saturated carbocycles. The first-order valence-electron chi connectivity index (χ1n) is 9.99. The van der Waals surface area contributed by atoms with Gasteiger partial charge in [-0.3, -0.25) is 14.6 Å². The van der Waals surface area contributed by atoms with E-state index in [0.29, 0.717) is 18.5 Å². The molecule has 3 heterocycles. The first kappa shape index (κ1) is 21.2. The van der Waals surface area contributed by atoms with E-state index in [1.807, 2.05) is 10.8 Å². The number of aromatic nitrogens is 3. The van der Waals surface area contributed by atoms with Crippen molar-refractivity contribution < 1.29 is 23.8 Å². The van der Waals surface area contributed by atoms with Gasteiger partial charge in [-0.1, -0.05) is 0 Å². The number of likely N-dealkylation sites (tertiary alicyclic amines) is 1. The molecule has 0 aliphatic carbocycles. The summed E-state index contributed by atoms with van der Waals surface area (Å²) in [6.45, 7) is 0.872. The van der Waals surface area contributed by atoms with Crippen LogP contribution in [0.2, 0.25) is 0 Å². The number of aliphatic hydroxyl groups excluding tert-OH is 1. The fraction of sp³-hybridized carbons (Fsp3) is 0.217. The number of benzene rings is 1. The summed E-state index contributed by atoms with van der Waals surface area (Å²) in [5.41, 5.74) is 0.495. The van der Waals surface area contributed by atoms with Crippen LogP contribution in [0, 0.1) is 5.82 Å². The lowest BCUT2D eigenvalue weighted by Gasteiger charge is -2.25. The Morgan fingerprint density at radius 2 is 1.91 bits per heavy atom. The van der Waals surface area contributed by atoms with Crippen LogP contribution in [0.5, 0.6) is 5.75 Å². The number of ether oxygens (including phenoxy) is 1. The molecule has 1 N–H and O–H groups in total. The lowest BCUT2D eigenvalue weighted by Crippen LogP contribution is -2.31. The van der Waals surface area contributed by atoms with Crippen LogP contribution in [0.1, 0.15) is 23.6 Å². The number of halogens is 1. The van der Waals surface area contributed by atoms with E-state index >= 15 is 0 Å². The van der Waals surface area contributed by atoms with Gasteiger partial charge in [0.2, 0.25) is 0 Å². The van der Waals surface area contributed by atoms with Crippen LogP contribution >= 0.6 is 0 Å². The minimum Gasteiger partial charge on any atom is -0.507 e. The van der Waals surface area contributed by atoms with Crippen LogP contribution in [-0.4, -0.2) is 49.9 Å². The zero-order valence-corrected chi connectivity index (χ0v) is 17.3. The minimum atomic E-state index is -0.839. The van der Waals surface area contributed by atoms with Gasteiger partial charge in [0.15, 0.2) is 0 Å². The zero-order chi connectivity index (χ0) is 22.7. The molecule has 1 aromatic carbocycles. The molecular weight excluding hydrogens is 415 g/mol. The SMILES string of the molecule is COc1ccc(F)cc1C(O)=C1C(=O)C(=O)N(CCCn2ccnc2)[C@H]1c1ccncc1. The lowest BCUT2D eigenvalue weighted by atomic mass is 9.95. The van der Waals surface area contributed by atoms with E-state index in [-0.39, 0.29) is 23.4 Å². The van der Waals surface area contributed by atoms with E-state index < -0.39 is 29.3 Å². The first-order chi connectivity index (χ1) is 15.5. The van der Waals surface area contributed by atoms with Gasteiger partial charge in [0.05, 0.1) is 30.6 Å². The number of hydrogen-bond acceptors (Lipinski definition) is 6. The highest BCUT2D eigenvalue weighted by molar-refractivity contribution is 6.46. The molecule has 32 heavy (non-hydrogen) atoms.